The number of methoxy groups -OCH3 is 1. The summed E-state index contributed by atoms with van der Waals surface area (Å²) >= 11 is 0. The first-order valence-electron chi connectivity index (χ1n) is 6.85. The van der Waals surface area contributed by atoms with Gasteiger partial charge >= 0.3 is 5.97 Å². The predicted octanol–water partition coefficient (Wildman–Crippen LogP) is 2.23. The molecule has 1 rings (SSSR count). The van der Waals surface area contributed by atoms with Crippen molar-refractivity contribution in [3.8, 4) is 0 Å². The molecule has 5 heteroatoms. The standard InChI is InChI=1S/C15H22N2O3/c1-5-17(6-2)15(19)12-7-8-13(16-10-12)11(3)9-14(18)20-4/h7-8,10-11H,5-6,9H2,1-4H3/t11-/m0/s1. The van der Waals surface area contributed by atoms with Crippen molar-refractivity contribution in [2.45, 2.75) is 33.1 Å². The summed E-state index contributed by atoms with van der Waals surface area (Å²) in [5.74, 6) is -0.308. The van der Waals surface area contributed by atoms with E-state index in [4.69, 9.17) is 0 Å². The highest BCUT2D eigenvalue weighted by Crippen LogP contribution is 2.17. The lowest BCUT2D eigenvalue weighted by molar-refractivity contribution is -0.141. The average Bonchev–Trinajstić information content (AvgIpc) is 2.48. The van der Waals surface area contributed by atoms with Crippen LogP contribution in [0.5, 0.6) is 0 Å². The largest absolute Gasteiger partial charge is 0.469 e. The van der Waals surface area contributed by atoms with Crippen molar-refractivity contribution >= 4 is 11.9 Å². The molecule has 0 aromatic carbocycles. The Labute approximate surface area is 119 Å². The number of aromatic nitrogens is 1. The van der Waals surface area contributed by atoms with Gasteiger partial charge in [-0.3, -0.25) is 14.6 Å². The molecule has 0 saturated heterocycles. The Bertz CT molecular complexity index is 453. The summed E-state index contributed by atoms with van der Waals surface area (Å²) in [5, 5.41) is 0. The van der Waals surface area contributed by atoms with Gasteiger partial charge in [-0.1, -0.05) is 6.92 Å². The molecule has 0 fully saturated rings. The Hall–Kier alpha value is -1.91. The van der Waals surface area contributed by atoms with Crippen LogP contribution in [0.15, 0.2) is 18.3 Å². The van der Waals surface area contributed by atoms with Gasteiger partial charge in [-0.25, -0.2) is 0 Å². The van der Waals surface area contributed by atoms with E-state index < -0.39 is 0 Å². The zero-order valence-corrected chi connectivity index (χ0v) is 12.5. The summed E-state index contributed by atoms with van der Waals surface area (Å²) in [5.41, 5.74) is 1.36. The van der Waals surface area contributed by atoms with Gasteiger partial charge in [0.25, 0.3) is 5.91 Å². The Morgan fingerprint density at radius 3 is 2.40 bits per heavy atom. The SMILES string of the molecule is CCN(CC)C(=O)c1ccc([C@@H](C)CC(=O)OC)nc1. The third-order valence-corrected chi connectivity index (χ3v) is 3.29. The van der Waals surface area contributed by atoms with Crippen LogP contribution in [0.2, 0.25) is 0 Å². The van der Waals surface area contributed by atoms with Crippen LogP contribution in [0, 0.1) is 0 Å². The lowest BCUT2D eigenvalue weighted by atomic mass is 10.0. The van der Waals surface area contributed by atoms with Gasteiger partial charge in [0, 0.05) is 30.9 Å². The van der Waals surface area contributed by atoms with Crippen molar-refractivity contribution in [1.29, 1.82) is 0 Å². The molecule has 0 spiro atoms. The highest BCUT2D eigenvalue weighted by Gasteiger charge is 2.15. The molecular weight excluding hydrogens is 256 g/mol. The molecule has 0 aliphatic carbocycles. The van der Waals surface area contributed by atoms with Crippen LogP contribution in [0.3, 0.4) is 0 Å². The monoisotopic (exact) mass is 278 g/mol. The van der Waals surface area contributed by atoms with E-state index >= 15 is 0 Å². The first kappa shape index (κ1) is 16.1. The van der Waals surface area contributed by atoms with Gasteiger partial charge < -0.3 is 9.64 Å². The average molecular weight is 278 g/mol. The third kappa shape index (κ3) is 4.05. The van der Waals surface area contributed by atoms with Crippen LogP contribution in [-0.4, -0.2) is 42.0 Å². The summed E-state index contributed by atoms with van der Waals surface area (Å²) < 4.78 is 4.64. The lowest BCUT2D eigenvalue weighted by Gasteiger charge is -2.18. The van der Waals surface area contributed by atoms with Gasteiger partial charge in [-0.15, -0.1) is 0 Å². The topological polar surface area (TPSA) is 59.5 Å². The number of amides is 1. The molecule has 0 bridgehead atoms. The fourth-order valence-corrected chi connectivity index (χ4v) is 1.95. The van der Waals surface area contributed by atoms with Crippen LogP contribution in [0.25, 0.3) is 0 Å². The number of carbonyl (C=O) groups excluding carboxylic acids is 2. The third-order valence-electron chi connectivity index (χ3n) is 3.29. The molecule has 0 saturated carbocycles. The number of ether oxygens (including phenoxy) is 1. The van der Waals surface area contributed by atoms with Crippen molar-refractivity contribution in [2.75, 3.05) is 20.2 Å². The fraction of sp³-hybridized carbons (Fsp3) is 0.533. The van der Waals surface area contributed by atoms with Crippen molar-refractivity contribution in [3.05, 3.63) is 29.6 Å². The number of rotatable bonds is 6. The quantitative estimate of drug-likeness (QED) is 0.749. The minimum Gasteiger partial charge on any atom is -0.469 e. The van der Waals surface area contributed by atoms with Gasteiger partial charge in [0.15, 0.2) is 0 Å². The van der Waals surface area contributed by atoms with Crippen molar-refractivity contribution < 1.29 is 14.3 Å². The van der Waals surface area contributed by atoms with E-state index in [1.165, 1.54) is 7.11 Å². The summed E-state index contributed by atoms with van der Waals surface area (Å²) in [6.07, 6.45) is 1.86. The van der Waals surface area contributed by atoms with E-state index in [0.29, 0.717) is 18.7 Å². The van der Waals surface area contributed by atoms with Crippen LogP contribution in [0.4, 0.5) is 0 Å². The summed E-state index contributed by atoms with van der Waals surface area (Å²) in [7, 11) is 1.37. The van der Waals surface area contributed by atoms with Gasteiger partial charge in [-0.2, -0.15) is 0 Å². The van der Waals surface area contributed by atoms with Crippen LogP contribution >= 0.6 is 0 Å². The number of carbonyl (C=O) groups is 2. The summed E-state index contributed by atoms with van der Waals surface area (Å²) in [6.45, 7) is 7.15. The lowest BCUT2D eigenvalue weighted by Crippen LogP contribution is -2.30. The molecule has 1 amide bonds. The van der Waals surface area contributed by atoms with E-state index in [1.807, 2.05) is 20.8 Å². The zero-order chi connectivity index (χ0) is 15.1. The number of pyridine rings is 1. The Kier molecular flexibility index (Phi) is 6.15. The molecule has 1 aromatic heterocycles. The fourth-order valence-electron chi connectivity index (χ4n) is 1.95. The molecule has 5 nitrogen and oxygen atoms in total. The number of hydrogen-bond acceptors (Lipinski definition) is 4. The highest BCUT2D eigenvalue weighted by molar-refractivity contribution is 5.93. The van der Waals surface area contributed by atoms with Crippen molar-refractivity contribution in [2.24, 2.45) is 0 Å². The highest BCUT2D eigenvalue weighted by atomic mass is 16.5. The summed E-state index contributed by atoms with van der Waals surface area (Å²) in [6, 6.07) is 3.56. The Morgan fingerprint density at radius 1 is 1.30 bits per heavy atom. The van der Waals surface area contributed by atoms with Gasteiger partial charge in [0.05, 0.1) is 19.1 Å². The van der Waals surface area contributed by atoms with E-state index in [1.54, 1.807) is 23.2 Å². The molecular formula is C15H22N2O3. The second kappa shape index (κ2) is 7.62. The number of hydrogen-bond donors (Lipinski definition) is 0. The minimum absolute atomic E-state index is 0.0188. The van der Waals surface area contributed by atoms with Gasteiger partial charge in [0.2, 0.25) is 0 Å². The maximum absolute atomic E-state index is 12.1. The maximum Gasteiger partial charge on any atom is 0.306 e. The van der Waals surface area contributed by atoms with E-state index in [-0.39, 0.29) is 24.2 Å². The molecule has 1 atom stereocenters. The molecule has 1 heterocycles. The first-order chi connectivity index (χ1) is 9.53. The molecule has 0 aliphatic heterocycles. The molecule has 0 N–H and O–H groups in total. The van der Waals surface area contributed by atoms with Crippen LogP contribution < -0.4 is 0 Å². The Balaban J connectivity index is 2.78. The minimum atomic E-state index is -0.261. The molecule has 20 heavy (non-hydrogen) atoms. The van der Waals surface area contributed by atoms with E-state index in [9.17, 15) is 9.59 Å². The molecule has 1 aromatic rings. The van der Waals surface area contributed by atoms with Crippen molar-refractivity contribution in [1.82, 2.24) is 9.88 Å². The molecule has 0 unspecified atom stereocenters. The second-order valence-electron chi connectivity index (χ2n) is 4.63. The predicted molar refractivity (Wildman–Crippen MR) is 76.5 cm³/mol. The number of esters is 1. The van der Waals surface area contributed by atoms with Crippen LogP contribution in [-0.2, 0) is 9.53 Å². The zero-order valence-electron chi connectivity index (χ0n) is 12.5. The van der Waals surface area contributed by atoms with Gasteiger partial charge in [0.1, 0.15) is 0 Å². The summed E-state index contributed by atoms with van der Waals surface area (Å²) in [4.78, 5) is 29.4. The first-order valence-corrected chi connectivity index (χ1v) is 6.85. The van der Waals surface area contributed by atoms with Crippen LogP contribution in [0.1, 0.15) is 49.2 Å². The molecule has 0 aliphatic rings. The normalized spacial score (nSPS) is 11.8. The number of nitrogens with zero attached hydrogens (tertiary/aromatic N) is 2. The smallest absolute Gasteiger partial charge is 0.306 e. The Morgan fingerprint density at radius 2 is 1.95 bits per heavy atom. The van der Waals surface area contributed by atoms with E-state index in [2.05, 4.69) is 9.72 Å². The van der Waals surface area contributed by atoms with Crippen molar-refractivity contribution in [3.63, 3.8) is 0 Å². The second-order valence-corrected chi connectivity index (χ2v) is 4.63. The maximum atomic E-state index is 12.1. The van der Waals surface area contributed by atoms with Gasteiger partial charge in [-0.05, 0) is 26.0 Å². The molecule has 0 radical (unpaired) electrons. The molecule has 110 valence electrons. The van der Waals surface area contributed by atoms with E-state index in [0.717, 1.165) is 5.69 Å².